The summed E-state index contributed by atoms with van der Waals surface area (Å²) in [5, 5.41) is 6.83. The third-order valence-corrected chi connectivity index (χ3v) is 12.3. The fraction of sp³-hybridized carbons (Fsp3) is 0.220. The number of carbonyl (C=O) groups is 3. The Labute approximate surface area is 326 Å². The van der Waals surface area contributed by atoms with Crippen LogP contribution in [0, 0.1) is 5.92 Å². The number of carbonyl (C=O) groups excluding carboxylic acids is 3. The van der Waals surface area contributed by atoms with Gasteiger partial charge >= 0.3 is 5.63 Å². The molecule has 0 radical (unpaired) electrons. The molecule has 4 aromatic carbocycles. The largest absolute Gasteiger partial charge is 0.421 e. The fourth-order valence-electron chi connectivity index (χ4n) is 6.65. The van der Waals surface area contributed by atoms with Crippen LogP contribution in [0.1, 0.15) is 39.9 Å². The molecule has 0 spiro atoms. The Bertz CT molecular complexity index is 2440. The van der Waals surface area contributed by atoms with Crippen molar-refractivity contribution < 1.29 is 28.3 Å². The smallest absolute Gasteiger partial charge is 0.349 e. The van der Waals surface area contributed by atoms with Crippen molar-refractivity contribution in [3.05, 3.63) is 152 Å². The van der Waals surface area contributed by atoms with Gasteiger partial charge in [0.2, 0.25) is 19.2 Å². The highest BCUT2D eigenvalue weighted by atomic mass is 35.5. The lowest BCUT2D eigenvalue weighted by Crippen LogP contribution is -2.48. The maximum Gasteiger partial charge on any atom is 0.349 e. The van der Waals surface area contributed by atoms with E-state index < -0.39 is 60.2 Å². The molecule has 3 amide bonds. The predicted molar refractivity (Wildman–Crippen MR) is 215 cm³/mol. The summed E-state index contributed by atoms with van der Waals surface area (Å²) in [5.74, 6) is -4.84. The van der Waals surface area contributed by atoms with Crippen molar-refractivity contribution in [3.8, 4) is 0 Å². The standard InChI is InChI=1S/C41H39Cl2N4O7P/c42-30-19-28-20-32(41(51)54-37(28)33(43)22-30)40(50)47-36(18-26-12-5-2-6-13-26)55(52,53)24-27(15-9-14-25-10-3-1-4-11-25)39(49)46-35(38(44)48)21-29-23-45-34-17-8-7-16-31(29)34/h1-8,10-13,16-17,19-20,22-23,27,35-36,45H,9,14-15,18,21,24H2,(H2,44,48)(H,46,49)(H,47,50)(H,52,53)/t27?,35-,36?/m0/s1. The van der Waals surface area contributed by atoms with Gasteiger partial charge in [-0.05, 0) is 60.2 Å². The van der Waals surface area contributed by atoms with Crippen LogP contribution >= 0.6 is 30.6 Å². The van der Waals surface area contributed by atoms with Crippen molar-refractivity contribution in [2.75, 3.05) is 6.16 Å². The number of halogens is 2. The molecule has 0 aliphatic rings. The minimum Gasteiger partial charge on any atom is -0.421 e. The number of aromatic amines is 1. The van der Waals surface area contributed by atoms with E-state index in [0.29, 0.717) is 18.4 Å². The summed E-state index contributed by atoms with van der Waals surface area (Å²) in [6.07, 6.45) is 2.46. The Morgan fingerprint density at radius 1 is 0.873 bits per heavy atom. The zero-order chi connectivity index (χ0) is 39.1. The van der Waals surface area contributed by atoms with E-state index in [1.54, 1.807) is 36.5 Å². The van der Waals surface area contributed by atoms with Gasteiger partial charge in [-0.15, -0.1) is 0 Å². The Hall–Kier alpha value is -5.19. The second-order valence-corrected chi connectivity index (χ2v) is 16.8. The van der Waals surface area contributed by atoms with Gasteiger partial charge in [0, 0.05) is 52.4 Å². The van der Waals surface area contributed by atoms with Gasteiger partial charge in [-0.1, -0.05) is 102 Å². The quantitative estimate of drug-likeness (QED) is 0.0515. The van der Waals surface area contributed by atoms with Gasteiger partial charge in [0.25, 0.3) is 5.91 Å². The number of hydrogen-bond acceptors (Lipinski definition) is 6. The van der Waals surface area contributed by atoms with Crippen LogP contribution in [0.2, 0.25) is 10.0 Å². The molecule has 3 unspecified atom stereocenters. The van der Waals surface area contributed by atoms with Crippen LogP contribution in [-0.2, 0) is 33.4 Å². The van der Waals surface area contributed by atoms with Crippen molar-refractivity contribution in [2.24, 2.45) is 11.7 Å². The molecule has 4 atom stereocenters. The van der Waals surface area contributed by atoms with Crippen molar-refractivity contribution in [1.29, 1.82) is 0 Å². The van der Waals surface area contributed by atoms with E-state index in [1.165, 1.54) is 18.2 Å². The Morgan fingerprint density at radius 3 is 2.25 bits per heavy atom. The molecular weight excluding hydrogens is 762 g/mol. The summed E-state index contributed by atoms with van der Waals surface area (Å²) in [4.78, 5) is 68.6. The van der Waals surface area contributed by atoms with Gasteiger partial charge in [-0.2, -0.15) is 0 Å². The maximum atomic E-state index is 14.6. The number of para-hydroxylation sites is 1. The van der Waals surface area contributed by atoms with Gasteiger partial charge in [0.1, 0.15) is 17.4 Å². The van der Waals surface area contributed by atoms with Crippen LogP contribution in [0.5, 0.6) is 0 Å². The van der Waals surface area contributed by atoms with Gasteiger partial charge < -0.3 is 30.7 Å². The van der Waals surface area contributed by atoms with E-state index in [9.17, 15) is 28.6 Å². The van der Waals surface area contributed by atoms with Crippen molar-refractivity contribution >= 4 is 70.2 Å². The molecule has 284 valence electrons. The summed E-state index contributed by atoms with van der Waals surface area (Å²) in [5.41, 5.74) is 7.66. The first-order valence-corrected chi connectivity index (χ1v) is 20.3. The van der Waals surface area contributed by atoms with Crippen LogP contribution in [0.25, 0.3) is 21.9 Å². The number of fused-ring (bicyclic) bond motifs is 2. The average molecular weight is 802 g/mol. The summed E-state index contributed by atoms with van der Waals surface area (Å²) < 4.78 is 19.9. The highest BCUT2D eigenvalue weighted by molar-refractivity contribution is 7.58. The number of nitrogens with one attached hydrogen (secondary N) is 3. The molecule has 0 saturated carbocycles. The third-order valence-electron chi connectivity index (χ3n) is 9.53. The summed E-state index contributed by atoms with van der Waals surface area (Å²) in [7, 11) is -4.49. The molecule has 6 rings (SSSR count). The van der Waals surface area contributed by atoms with E-state index in [0.717, 1.165) is 22.0 Å². The second-order valence-electron chi connectivity index (χ2n) is 13.5. The summed E-state index contributed by atoms with van der Waals surface area (Å²) in [6, 6.07) is 28.9. The van der Waals surface area contributed by atoms with Crippen LogP contribution in [0.4, 0.5) is 0 Å². The number of benzene rings is 4. The minimum absolute atomic E-state index is 0.0320. The van der Waals surface area contributed by atoms with Crippen molar-refractivity contribution in [1.82, 2.24) is 15.6 Å². The second kappa shape index (κ2) is 17.5. The molecule has 11 nitrogen and oxygen atoms in total. The molecule has 0 saturated heterocycles. The molecule has 0 aliphatic heterocycles. The average Bonchev–Trinajstić information content (AvgIpc) is 3.57. The van der Waals surface area contributed by atoms with E-state index >= 15 is 0 Å². The first-order valence-electron chi connectivity index (χ1n) is 17.7. The highest BCUT2D eigenvalue weighted by Crippen LogP contribution is 2.49. The number of hydrogen-bond donors (Lipinski definition) is 5. The molecule has 0 fully saturated rings. The lowest BCUT2D eigenvalue weighted by Gasteiger charge is -2.28. The molecular formula is C41H39Cl2N4O7P. The highest BCUT2D eigenvalue weighted by Gasteiger charge is 2.38. The number of amides is 3. The molecule has 0 bridgehead atoms. The van der Waals surface area contributed by atoms with Crippen molar-refractivity contribution in [2.45, 2.75) is 43.9 Å². The molecule has 0 aliphatic carbocycles. The fourth-order valence-corrected chi connectivity index (χ4v) is 9.25. The SMILES string of the molecule is NC(=O)[C@H](Cc1c[nH]c2ccccc12)NC(=O)C(CCCc1ccccc1)CP(=O)(O)C(Cc1ccccc1)NC(=O)c1cc2cc(Cl)cc(Cl)c2oc1=O. The number of nitrogens with two attached hydrogens (primary N) is 1. The minimum atomic E-state index is -4.49. The van der Waals surface area contributed by atoms with Crippen LogP contribution < -0.4 is 22.0 Å². The first-order chi connectivity index (χ1) is 26.4. The number of aromatic nitrogens is 1. The van der Waals surface area contributed by atoms with Gasteiger partial charge in [-0.3, -0.25) is 18.9 Å². The topological polar surface area (TPSA) is 185 Å². The number of primary amides is 1. The Morgan fingerprint density at radius 2 is 1.55 bits per heavy atom. The summed E-state index contributed by atoms with van der Waals surface area (Å²) in [6.45, 7) is 0. The van der Waals surface area contributed by atoms with Crippen LogP contribution in [-0.4, -0.2) is 45.6 Å². The molecule has 55 heavy (non-hydrogen) atoms. The van der Waals surface area contributed by atoms with Crippen LogP contribution in [0.15, 0.2) is 119 Å². The predicted octanol–water partition coefficient (Wildman–Crippen LogP) is 7.00. The lowest BCUT2D eigenvalue weighted by atomic mass is 9.98. The summed E-state index contributed by atoms with van der Waals surface area (Å²) >= 11 is 12.4. The van der Waals surface area contributed by atoms with Crippen LogP contribution in [0.3, 0.4) is 0 Å². The van der Waals surface area contributed by atoms with E-state index in [1.807, 2.05) is 54.6 Å². The molecule has 2 heterocycles. The molecule has 6 aromatic rings. The number of H-pyrrole nitrogens is 1. The third kappa shape index (κ3) is 9.92. The zero-order valence-corrected chi connectivity index (χ0v) is 32.0. The molecule has 6 N–H and O–H groups in total. The van der Waals surface area contributed by atoms with E-state index in [2.05, 4.69) is 15.6 Å². The number of rotatable bonds is 16. The monoisotopic (exact) mass is 800 g/mol. The lowest BCUT2D eigenvalue weighted by molar-refractivity contribution is -0.129. The van der Waals surface area contributed by atoms with Crippen molar-refractivity contribution in [3.63, 3.8) is 0 Å². The molecule has 2 aromatic heterocycles. The van der Waals surface area contributed by atoms with E-state index in [4.69, 9.17) is 33.4 Å². The van der Waals surface area contributed by atoms with E-state index in [-0.39, 0.29) is 40.3 Å². The van der Waals surface area contributed by atoms with Gasteiger partial charge in [0.05, 0.1) is 5.02 Å². The Balaban J connectivity index is 1.28. The first kappa shape index (κ1) is 39.5. The maximum absolute atomic E-state index is 14.6. The van der Waals surface area contributed by atoms with Gasteiger partial charge in [0.15, 0.2) is 5.58 Å². The Kier molecular flexibility index (Phi) is 12.6. The zero-order valence-electron chi connectivity index (χ0n) is 29.5. The normalized spacial score (nSPS) is 14.2. The van der Waals surface area contributed by atoms with Gasteiger partial charge in [-0.25, -0.2) is 4.79 Å². The number of aryl methyl sites for hydroxylation is 1. The molecule has 14 heteroatoms.